The number of aliphatic hydroxyl groups excluding tert-OH is 1. The first-order chi connectivity index (χ1) is 13.2. The summed E-state index contributed by atoms with van der Waals surface area (Å²) in [6.45, 7) is 0. The summed E-state index contributed by atoms with van der Waals surface area (Å²) in [4.78, 5) is 8.59. The molecule has 28 heavy (non-hydrogen) atoms. The first kappa shape index (κ1) is 18.6. The molecule has 0 amide bonds. The molecule has 1 aromatic carbocycles. The Morgan fingerprint density at radius 1 is 1.07 bits per heavy atom. The van der Waals surface area contributed by atoms with Crippen LogP contribution in [-0.2, 0) is 12.5 Å². The Kier molecular flexibility index (Phi) is 4.28. The van der Waals surface area contributed by atoms with Crippen LogP contribution in [0, 0.1) is 0 Å². The van der Waals surface area contributed by atoms with E-state index in [9.17, 15) is 23.4 Å². The zero-order valence-electron chi connectivity index (χ0n) is 15.0. The van der Waals surface area contributed by atoms with E-state index in [0.717, 1.165) is 0 Å². The molecule has 0 unspecified atom stereocenters. The lowest BCUT2D eigenvalue weighted by atomic mass is 9.93. The fourth-order valence-corrected chi connectivity index (χ4v) is 3.50. The summed E-state index contributed by atoms with van der Waals surface area (Å²) in [6.07, 6.45) is -2.61. The molecule has 1 saturated carbocycles. The number of nitrogens with zero attached hydrogens (tertiary/aromatic N) is 3. The highest BCUT2D eigenvalue weighted by atomic mass is 19.4. The number of aromatic nitrogens is 3. The smallest absolute Gasteiger partial charge is 0.364 e. The normalized spacial score (nSPS) is 15.8. The predicted octanol–water partition coefficient (Wildman–Crippen LogP) is 3.73. The number of hydrogen-bond acceptors (Lipinski definition) is 4. The topological polar surface area (TPSA) is 71.2 Å². The van der Waals surface area contributed by atoms with Gasteiger partial charge in [0.05, 0.1) is 23.1 Å². The summed E-state index contributed by atoms with van der Waals surface area (Å²) in [5.74, 6) is 0. The van der Waals surface area contributed by atoms with Gasteiger partial charge in [0.1, 0.15) is 5.69 Å². The summed E-state index contributed by atoms with van der Waals surface area (Å²) in [5.41, 5.74) is 1.17. The Labute approximate surface area is 159 Å². The highest BCUT2D eigenvalue weighted by Crippen LogP contribution is 2.59. The summed E-state index contributed by atoms with van der Waals surface area (Å²) >= 11 is 0. The molecule has 2 N–H and O–H groups in total. The van der Waals surface area contributed by atoms with Gasteiger partial charge in [-0.3, -0.25) is 4.98 Å². The first-order valence-corrected chi connectivity index (χ1v) is 8.74. The lowest BCUT2D eigenvalue weighted by molar-refractivity contribution is -0.160. The van der Waals surface area contributed by atoms with E-state index in [1.165, 1.54) is 30.5 Å². The number of imidazole rings is 1. The second-order valence-corrected chi connectivity index (χ2v) is 7.06. The van der Waals surface area contributed by atoms with E-state index in [2.05, 4.69) is 9.97 Å². The lowest BCUT2D eigenvalue weighted by Crippen LogP contribution is -2.28. The lowest BCUT2D eigenvalue weighted by Gasteiger charge is -2.20. The maximum absolute atomic E-state index is 13.3. The zero-order chi connectivity index (χ0) is 20.1. The summed E-state index contributed by atoms with van der Waals surface area (Å²) in [6, 6.07) is 9.37. The molecule has 1 fully saturated rings. The SMILES string of the molecule is Cn1cnc(-c2cc(C(O)O)ccn2)c1-c1ccc(C2(C(F)(F)F)CC2)cc1. The van der Waals surface area contributed by atoms with Gasteiger partial charge in [0.25, 0.3) is 0 Å². The molecule has 0 saturated heterocycles. The van der Waals surface area contributed by atoms with E-state index < -0.39 is 17.9 Å². The molecule has 2 heterocycles. The molecule has 0 atom stereocenters. The molecular weight excluding hydrogens is 371 g/mol. The average molecular weight is 389 g/mol. The van der Waals surface area contributed by atoms with Crippen LogP contribution in [0.5, 0.6) is 0 Å². The van der Waals surface area contributed by atoms with Gasteiger partial charge in [0.2, 0.25) is 0 Å². The number of benzene rings is 1. The minimum atomic E-state index is -4.25. The number of halogens is 3. The van der Waals surface area contributed by atoms with Crippen molar-refractivity contribution in [1.29, 1.82) is 0 Å². The monoisotopic (exact) mass is 389 g/mol. The van der Waals surface area contributed by atoms with Crippen molar-refractivity contribution in [3.05, 3.63) is 60.0 Å². The predicted molar refractivity (Wildman–Crippen MR) is 96.0 cm³/mol. The van der Waals surface area contributed by atoms with Crippen LogP contribution in [0.4, 0.5) is 13.2 Å². The van der Waals surface area contributed by atoms with Crippen LogP contribution in [0.2, 0.25) is 0 Å². The van der Waals surface area contributed by atoms with Crippen LogP contribution in [-0.4, -0.2) is 30.9 Å². The highest BCUT2D eigenvalue weighted by molar-refractivity contribution is 5.77. The zero-order valence-corrected chi connectivity index (χ0v) is 15.0. The van der Waals surface area contributed by atoms with Crippen molar-refractivity contribution in [2.75, 3.05) is 0 Å². The molecule has 1 aliphatic carbocycles. The molecule has 4 rings (SSSR count). The van der Waals surface area contributed by atoms with E-state index in [-0.39, 0.29) is 24.0 Å². The fourth-order valence-electron chi connectivity index (χ4n) is 3.50. The van der Waals surface area contributed by atoms with Crippen molar-refractivity contribution in [3.63, 3.8) is 0 Å². The van der Waals surface area contributed by atoms with E-state index in [0.29, 0.717) is 22.6 Å². The van der Waals surface area contributed by atoms with Crippen molar-refractivity contribution < 1.29 is 23.4 Å². The first-order valence-electron chi connectivity index (χ1n) is 8.74. The van der Waals surface area contributed by atoms with Gasteiger partial charge in [0, 0.05) is 24.4 Å². The molecule has 0 bridgehead atoms. The molecule has 2 aromatic heterocycles. The third kappa shape index (κ3) is 2.98. The van der Waals surface area contributed by atoms with Gasteiger partial charge in [-0.05, 0) is 30.5 Å². The second kappa shape index (κ2) is 6.42. The minimum absolute atomic E-state index is 0.118. The van der Waals surface area contributed by atoms with Gasteiger partial charge in [0.15, 0.2) is 6.29 Å². The number of aryl methyl sites for hydroxylation is 1. The second-order valence-electron chi connectivity index (χ2n) is 7.06. The van der Waals surface area contributed by atoms with E-state index >= 15 is 0 Å². The molecule has 5 nitrogen and oxygen atoms in total. The molecule has 0 aliphatic heterocycles. The van der Waals surface area contributed by atoms with Gasteiger partial charge in [-0.1, -0.05) is 24.3 Å². The number of rotatable bonds is 4. The molecule has 0 radical (unpaired) electrons. The Bertz CT molecular complexity index is 1010. The minimum Gasteiger partial charge on any atom is -0.364 e. The number of hydrogen-bond donors (Lipinski definition) is 2. The highest BCUT2D eigenvalue weighted by Gasteiger charge is 2.64. The van der Waals surface area contributed by atoms with Gasteiger partial charge >= 0.3 is 6.18 Å². The molecule has 0 spiro atoms. The summed E-state index contributed by atoms with van der Waals surface area (Å²) in [7, 11) is 1.78. The molecular formula is C20H18F3N3O2. The maximum atomic E-state index is 13.3. The largest absolute Gasteiger partial charge is 0.398 e. The van der Waals surface area contributed by atoms with Crippen molar-refractivity contribution in [1.82, 2.24) is 14.5 Å². The Hall–Kier alpha value is -2.71. The standard InChI is InChI=1S/C20H18F3N3O2/c1-26-11-25-16(15-10-13(18(27)28)6-9-24-15)17(26)12-2-4-14(5-3-12)19(7-8-19)20(21,22)23/h2-6,9-11,18,27-28H,7-8H2,1H3. The Balaban J connectivity index is 1.74. The van der Waals surface area contributed by atoms with Crippen molar-refractivity contribution in [2.45, 2.75) is 30.7 Å². The molecule has 1 aliphatic rings. The Morgan fingerprint density at radius 3 is 2.32 bits per heavy atom. The quantitative estimate of drug-likeness (QED) is 0.667. The molecule has 3 aromatic rings. The van der Waals surface area contributed by atoms with Crippen molar-refractivity contribution >= 4 is 0 Å². The third-order valence-corrected chi connectivity index (χ3v) is 5.27. The number of alkyl halides is 3. The average Bonchev–Trinajstić information content (AvgIpc) is 3.40. The van der Waals surface area contributed by atoms with E-state index in [1.54, 1.807) is 30.1 Å². The number of aliphatic hydroxyl groups is 2. The van der Waals surface area contributed by atoms with E-state index in [4.69, 9.17) is 0 Å². The van der Waals surface area contributed by atoms with Gasteiger partial charge in [-0.2, -0.15) is 13.2 Å². The fraction of sp³-hybridized carbons (Fsp3) is 0.300. The van der Waals surface area contributed by atoms with Crippen LogP contribution in [0.1, 0.15) is 30.3 Å². The molecule has 146 valence electrons. The number of pyridine rings is 1. The Morgan fingerprint density at radius 2 is 1.75 bits per heavy atom. The van der Waals surface area contributed by atoms with Crippen LogP contribution in [0.3, 0.4) is 0 Å². The summed E-state index contributed by atoms with van der Waals surface area (Å²) < 4.78 is 41.8. The third-order valence-electron chi connectivity index (χ3n) is 5.27. The van der Waals surface area contributed by atoms with Crippen LogP contribution >= 0.6 is 0 Å². The summed E-state index contributed by atoms with van der Waals surface area (Å²) in [5, 5.41) is 18.8. The molecule has 8 heteroatoms. The van der Waals surface area contributed by atoms with Gasteiger partial charge < -0.3 is 14.8 Å². The van der Waals surface area contributed by atoms with Crippen LogP contribution in [0.25, 0.3) is 22.6 Å². The van der Waals surface area contributed by atoms with Gasteiger partial charge in [-0.25, -0.2) is 4.98 Å². The van der Waals surface area contributed by atoms with Crippen molar-refractivity contribution in [2.24, 2.45) is 7.05 Å². The van der Waals surface area contributed by atoms with Crippen LogP contribution in [0.15, 0.2) is 48.9 Å². The van der Waals surface area contributed by atoms with Crippen molar-refractivity contribution in [3.8, 4) is 22.6 Å². The van der Waals surface area contributed by atoms with Gasteiger partial charge in [-0.15, -0.1) is 0 Å². The maximum Gasteiger partial charge on any atom is 0.398 e. The van der Waals surface area contributed by atoms with E-state index in [1.807, 2.05) is 0 Å². The van der Waals surface area contributed by atoms with Crippen LogP contribution < -0.4 is 0 Å².